The van der Waals surface area contributed by atoms with Crippen molar-refractivity contribution in [1.29, 1.82) is 0 Å². The molecule has 2 heteroatoms. The Bertz CT molecular complexity index is 431. The molecular formula is C12H15NO. The van der Waals surface area contributed by atoms with Crippen molar-refractivity contribution >= 4 is 10.9 Å². The molecule has 0 amide bonds. The first-order chi connectivity index (χ1) is 6.86. The van der Waals surface area contributed by atoms with E-state index in [1.54, 1.807) is 0 Å². The van der Waals surface area contributed by atoms with Gasteiger partial charge in [0.1, 0.15) is 0 Å². The van der Waals surface area contributed by atoms with Crippen LogP contribution in [0.1, 0.15) is 12.5 Å². The maximum atomic E-state index is 8.94. The summed E-state index contributed by atoms with van der Waals surface area (Å²) in [7, 11) is 0. The van der Waals surface area contributed by atoms with Gasteiger partial charge in [-0.05, 0) is 31.0 Å². The van der Waals surface area contributed by atoms with Crippen molar-refractivity contribution in [3.05, 3.63) is 36.0 Å². The normalized spacial score (nSPS) is 11.0. The van der Waals surface area contributed by atoms with Gasteiger partial charge < -0.3 is 9.67 Å². The fourth-order valence-corrected chi connectivity index (χ4v) is 1.90. The van der Waals surface area contributed by atoms with Gasteiger partial charge in [0.2, 0.25) is 0 Å². The van der Waals surface area contributed by atoms with Crippen LogP contribution in [0.4, 0.5) is 0 Å². The van der Waals surface area contributed by atoms with Gasteiger partial charge in [0.15, 0.2) is 0 Å². The highest BCUT2D eigenvalue weighted by Crippen LogP contribution is 2.20. The van der Waals surface area contributed by atoms with Crippen molar-refractivity contribution in [2.75, 3.05) is 6.61 Å². The maximum absolute atomic E-state index is 8.94. The van der Waals surface area contributed by atoms with Gasteiger partial charge in [0.05, 0.1) is 0 Å². The molecule has 1 heterocycles. The lowest BCUT2D eigenvalue weighted by molar-refractivity contribution is 0.300. The lowest BCUT2D eigenvalue weighted by Gasteiger charge is -2.03. The van der Waals surface area contributed by atoms with E-state index in [0.717, 1.165) is 13.0 Å². The molecule has 0 atom stereocenters. The summed E-state index contributed by atoms with van der Waals surface area (Å²) in [5, 5.41) is 10.2. The van der Waals surface area contributed by atoms with E-state index in [0.29, 0.717) is 0 Å². The number of fused-ring (bicyclic) bond motifs is 1. The highest BCUT2D eigenvalue weighted by Gasteiger charge is 2.03. The average Bonchev–Trinajstić information content (AvgIpc) is 2.62. The number of rotatable bonds is 3. The summed E-state index contributed by atoms with van der Waals surface area (Å²) in [6.45, 7) is 3.35. The highest BCUT2D eigenvalue weighted by molar-refractivity contribution is 5.83. The van der Waals surface area contributed by atoms with E-state index in [2.05, 4.69) is 42.0 Å². The largest absolute Gasteiger partial charge is 0.396 e. The van der Waals surface area contributed by atoms with Crippen molar-refractivity contribution in [1.82, 2.24) is 4.57 Å². The first-order valence-corrected chi connectivity index (χ1v) is 5.04. The summed E-state index contributed by atoms with van der Waals surface area (Å²) in [5.41, 5.74) is 2.50. The molecule has 0 unspecified atom stereocenters. The first-order valence-electron chi connectivity index (χ1n) is 5.04. The number of aliphatic hydroxyl groups is 1. The zero-order chi connectivity index (χ0) is 9.97. The minimum Gasteiger partial charge on any atom is -0.396 e. The molecule has 0 bridgehead atoms. The second-order valence-electron chi connectivity index (χ2n) is 3.43. The van der Waals surface area contributed by atoms with Crippen molar-refractivity contribution in [2.24, 2.45) is 0 Å². The van der Waals surface area contributed by atoms with Crippen LogP contribution in [0.15, 0.2) is 30.5 Å². The number of hydrogen-bond donors (Lipinski definition) is 1. The summed E-state index contributed by atoms with van der Waals surface area (Å²) >= 11 is 0. The molecule has 1 N–H and O–H groups in total. The van der Waals surface area contributed by atoms with Gasteiger partial charge in [-0.25, -0.2) is 0 Å². The van der Waals surface area contributed by atoms with E-state index in [4.69, 9.17) is 5.11 Å². The molecule has 2 nitrogen and oxygen atoms in total. The molecule has 0 saturated heterocycles. The van der Waals surface area contributed by atoms with E-state index in [1.165, 1.54) is 16.5 Å². The maximum Gasteiger partial charge on any atom is 0.0482 e. The zero-order valence-electron chi connectivity index (χ0n) is 8.40. The van der Waals surface area contributed by atoms with Gasteiger partial charge in [-0.3, -0.25) is 0 Å². The Morgan fingerprint density at radius 3 is 2.86 bits per heavy atom. The molecule has 2 aromatic rings. The van der Waals surface area contributed by atoms with Gasteiger partial charge in [0, 0.05) is 30.3 Å². The average molecular weight is 189 g/mol. The third kappa shape index (κ3) is 1.42. The smallest absolute Gasteiger partial charge is 0.0482 e. The number of hydrogen-bond acceptors (Lipinski definition) is 1. The van der Waals surface area contributed by atoms with Gasteiger partial charge in [-0.1, -0.05) is 12.1 Å². The Labute approximate surface area is 83.8 Å². The van der Waals surface area contributed by atoms with Crippen molar-refractivity contribution in [3.8, 4) is 0 Å². The lowest BCUT2D eigenvalue weighted by atomic mass is 10.1. The van der Waals surface area contributed by atoms with Crippen LogP contribution in [0.25, 0.3) is 10.9 Å². The molecule has 0 spiro atoms. The number of aliphatic hydroxyl groups excluding tert-OH is 1. The second-order valence-corrected chi connectivity index (χ2v) is 3.43. The summed E-state index contributed by atoms with van der Waals surface area (Å²) < 4.78 is 2.22. The minimum atomic E-state index is 0.219. The van der Waals surface area contributed by atoms with E-state index < -0.39 is 0 Å². The van der Waals surface area contributed by atoms with E-state index >= 15 is 0 Å². The molecule has 1 aromatic heterocycles. The SMILES string of the molecule is CCn1ccc2c(CCO)cccc21. The standard InChI is InChI=1S/C12H15NO/c1-2-13-8-6-11-10(7-9-14)4-3-5-12(11)13/h3-6,8,14H,2,7,9H2,1H3. The van der Waals surface area contributed by atoms with E-state index in [-0.39, 0.29) is 6.61 Å². The highest BCUT2D eigenvalue weighted by atomic mass is 16.2. The Balaban J connectivity index is 2.58. The molecule has 0 aliphatic heterocycles. The van der Waals surface area contributed by atoms with Gasteiger partial charge in [0.25, 0.3) is 0 Å². The van der Waals surface area contributed by atoms with E-state index in [1.807, 2.05) is 0 Å². The van der Waals surface area contributed by atoms with Crippen LogP contribution in [0, 0.1) is 0 Å². The van der Waals surface area contributed by atoms with Crippen molar-refractivity contribution in [2.45, 2.75) is 19.9 Å². The molecule has 0 saturated carbocycles. The molecule has 0 radical (unpaired) electrons. The molecular weight excluding hydrogens is 174 g/mol. The molecule has 0 aliphatic carbocycles. The van der Waals surface area contributed by atoms with E-state index in [9.17, 15) is 0 Å². The van der Waals surface area contributed by atoms with Crippen LogP contribution in [0.2, 0.25) is 0 Å². The quantitative estimate of drug-likeness (QED) is 0.786. The van der Waals surface area contributed by atoms with Crippen LogP contribution in [-0.4, -0.2) is 16.3 Å². The molecule has 0 aliphatic rings. The Morgan fingerprint density at radius 2 is 2.14 bits per heavy atom. The van der Waals surface area contributed by atoms with Crippen LogP contribution in [-0.2, 0) is 13.0 Å². The number of benzene rings is 1. The lowest BCUT2D eigenvalue weighted by Crippen LogP contribution is -1.93. The third-order valence-corrected chi connectivity index (χ3v) is 2.63. The Kier molecular flexibility index (Phi) is 2.55. The molecule has 14 heavy (non-hydrogen) atoms. The molecule has 2 rings (SSSR count). The summed E-state index contributed by atoms with van der Waals surface area (Å²) in [4.78, 5) is 0. The molecule has 1 aromatic carbocycles. The van der Waals surface area contributed by atoms with Crippen LogP contribution in [0.3, 0.4) is 0 Å². The molecule has 74 valence electrons. The predicted molar refractivity (Wildman–Crippen MR) is 58.4 cm³/mol. The fraction of sp³-hybridized carbons (Fsp3) is 0.333. The third-order valence-electron chi connectivity index (χ3n) is 2.63. The summed E-state index contributed by atoms with van der Waals surface area (Å²) in [6.07, 6.45) is 2.84. The van der Waals surface area contributed by atoms with Crippen molar-refractivity contribution < 1.29 is 5.11 Å². The number of nitrogens with zero attached hydrogens (tertiary/aromatic N) is 1. The monoisotopic (exact) mass is 189 g/mol. The predicted octanol–water partition coefficient (Wildman–Crippen LogP) is 2.20. The summed E-state index contributed by atoms with van der Waals surface area (Å²) in [6, 6.07) is 8.39. The van der Waals surface area contributed by atoms with Gasteiger partial charge in [-0.15, -0.1) is 0 Å². The van der Waals surface area contributed by atoms with Gasteiger partial charge >= 0.3 is 0 Å². The van der Waals surface area contributed by atoms with Crippen LogP contribution < -0.4 is 0 Å². The number of aromatic nitrogens is 1. The number of aryl methyl sites for hydroxylation is 1. The molecule has 0 fully saturated rings. The second kappa shape index (κ2) is 3.84. The van der Waals surface area contributed by atoms with Crippen LogP contribution in [0.5, 0.6) is 0 Å². The zero-order valence-corrected chi connectivity index (χ0v) is 8.40. The topological polar surface area (TPSA) is 25.2 Å². The summed E-state index contributed by atoms with van der Waals surface area (Å²) in [5.74, 6) is 0. The Hall–Kier alpha value is -1.28. The minimum absolute atomic E-state index is 0.219. The van der Waals surface area contributed by atoms with Gasteiger partial charge in [-0.2, -0.15) is 0 Å². The van der Waals surface area contributed by atoms with Crippen molar-refractivity contribution in [3.63, 3.8) is 0 Å². The fourth-order valence-electron chi connectivity index (χ4n) is 1.90. The Morgan fingerprint density at radius 1 is 1.29 bits per heavy atom. The first kappa shape index (κ1) is 9.28. The van der Waals surface area contributed by atoms with Crippen LogP contribution >= 0.6 is 0 Å².